The molecule has 0 saturated carbocycles. The minimum absolute atomic E-state index is 0.166. The molecule has 0 aliphatic heterocycles. The quantitative estimate of drug-likeness (QED) is 0.368. The third-order valence-electron chi connectivity index (χ3n) is 4.90. The molecule has 0 fully saturated rings. The highest BCUT2D eigenvalue weighted by atomic mass is 35.5. The molecule has 0 aliphatic rings. The zero-order chi connectivity index (χ0) is 22.1. The van der Waals surface area contributed by atoms with Gasteiger partial charge < -0.3 is 4.57 Å². The molecule has 4 rings (SSSR count). The molecule has 0 amide bonds. The molecule has 2 heterocycles. The van der Waals surface area contributed by atoms with E-state index in [0.29, 0.717) is 21.6 Å². The summed E-state index contributed by atoms with van der Waals surface area (Å²) in [6.07, 6.45) is 1.47. The Balaban J connectivity index is 1.74. The lowest BCUT2D eigenvalue weighted by atomic mass is 10.2. The minimum Gasteiger partial charge on any atom is -0.306 e. The van der Waals surface area contributed by atoms with Crippen molar-refractivity contribution in [3.05, 3.63) is 90.5 Å². The van der Waals surface area contributed by atoms with Crippen LogP contribution in [0.2, 0.25) is 10.0 Å². The topological polar surface area (TPSA) is 86.2 Å². The Morgan fingerprint density at radius 1 is 1.00 bits per heavy atom. The Labute approximate surface area is 187 Å². The standard InChI is InChI=1S/C21H18Cl2N6O2/c1-27-17-18(25-20(27)26-24-11-14-15(22)9-6-10-16(14)23)28(2)21(31)29(19(17)30)12-13-7-4-3-5-8-13/h3-11H,12H2,1-2H3,(H,25,26)/b24-11+. The number of anilines is 1. The van der Waals surface area contributed by atoms with Crippen molar-refractivity contribution in [3.63, 3.8) is 0 Å². The van der Waals surface area contributed by atoms with E-state index in [1.807, 2.05) is 30.3 Å². The lowest BCUT2D eigenvalue weighted by Crippen LogP contribution is -2.39. The predicted octanol–water partition coefficient (Wildman–Crippen LogP) is 3.23. The van der Waals surface area contributed by atoms with Gasteiger partial charge in [0.2, 0.25) is 5.95 Å². The van der Waals surface area contributed by atoms with Crippen LogP contribution >= 0.6 is 23.2 Å². The maximum Gasteiger partial charge on any atom is 0.332 e. The summed E-state index contributed by atoms with van der Waals surface area (Å²) < 4.78 is 4.10. The van der Waals surface area contributed by atoms with Gasteiger partial charge in [-0.05, 0) is 17.7 Å². The number of hydrogen-bond acceptors (Lipinski definition) is 5. The molecule has 4 aromatic rings. The van der Waals surface area contributed by atoms with E-state index in [4.69, 9.17) is 23.2 Å². The smallest absolute Gasteiger partial charge is 0.306 e. The van der Waals surface area contributed by atoms with Gasteiger partial charge in [0, 0.05) is 19.7 Å². The predicted molar refractivity (Wildman–Crippen MR) is 123 cm³/mol. The first kappa shape index (κ1) is 20.9. The van der Waals surface area contributed by atoms with Crippen LogP contribution < -0.4 is 16.7 Å². The molecule has 31 heavy (non-hydrogen) atoms. The van der Waals surface area contributed by atoms with Crippen molar-refractivity contribution in [2.75, 3.05) is 5.43 Å². The van der Waals surface area contributed by atoms with Gasteiger partial charge in [-0.15, -0.1) is 0 Å². The van der Waals surface area contributed by atoms with Crippen molar-refractivity contribution in [3.8, 4) is 0 Å². The molecule has 10 heteroatoms. The second-order valence-corrected chi connectivity index (χ2v) is 7.70. The molecule has 2 aromatic carbocycles. The SMILES string of the molecule is Cn1c(N/N=C/c2c(Cl)cccc2Cl)nc2c1c(=O)n(Cc1ccccc1)c(=O)n2C. The summed E-state index contributed by atoms with van der Waals surface area (Å²) in [6, 6.07) is 14.5. The molecule has 1 N–H and O–H groups in total. The summed E-state index contributed by atoms with van der Waals surface area (Å²) in [5.74, 6) is 0.291. The van der Waals surface area contributed by atoms with E-state index in [9.17, 15) is 9.59 Å². The normalized spacial score (nSPS) is 11.5. The van der Waals surface area contributed by atoms with E-state index in [0.717, 1.165) is 5.56 Å². The van der Waals surface area contributed by atoms with E-state index < -0.39 is 11.2 Å². The van der Waals surface area contributed by atoms with Crippen LogP contribution in [0.15, 0.2) is 63.2 Å². The van der Waals surface area contributed by atoms with Crippen LogP contribution in [-0.2, 0) is 20.6 Å². The Hall–Kier alpha value is -3.36. The monoisotopic (exact) mass is 456 g/mol. The highest BCUT2D eigenvalue weighted by Crippen LogP contribution is 2.22. The number of halogens is 2. The summed E-state index contributed by atoms with van der Waals surface area (Å²) in [4.78, 5) is 30.3. The van der Waals surface area contributed by atoms with E-state index >= 15 is 0 Å². The number of hydrazone groups is 1. The fourth-order valence-electron chi connectivity index (χ4n) is 3.24. The fraction of sp³-hybridized carbons (Fsp3) is 0.143. The van der Waals surface area contributed by atoms with Crippen LogP contribution in [0.1, 0.15) is 11.1 Å². The molecule has 158 valence electrons. The highest BCUT2D eigenvalue weighted by molar-refractivity contribution is 6.38. The third-order valence-corrected chi connectivity index (χ3v) is 5.56. The molecule has 8 nitrogen and oxygen atoms in total. The molecule has 0 atom stereocenters. The number of aromatic nitrogens is 4. The molecule has 0 bridgehead atoms. The Morgan fingerprint density at radius 2 is 1.68 bits per heavy atom. The van der Waals surface area contributed by atoms with E-state index in [1.54, 1.807) is 36.9 Å². The van der Waals surface area contributed by atoms with Gasteiger partial charge in [-0.3, -0.25) is 13.9 Å². The number of nitrogens with zero attached hydrogens (tertiary/aromatic N) is 5. The number of benzene rings is 2. The average molecular weight is 457 g/mol. The first-order valence-electron chi connectivity index (χ1n) is 9.31. The summed E-state index contributed by atoms with van der Waals surface area (Å²) in [5, 5.41) is 5.04. The first-order chi connectivity index (χ1) is 14.9. The lowest BCUT2D eigenvalue weighted by molar-refractivity contribution is 0.655. The number of nitrogens with one attached hydrogen (secondary N) is 1. The lowest BCUT2D eigenvalue weighted by Gasteiger charge is -2.08. The Kier molecular flexibility index (Phi) is 5.67. The highest BCUT2D eigenvalue weighted by Gasteiger charge is 2.18. The zero-order valence-corrected chi connectivity index (χ0v) is 18.2. The van der Waals surface area contributed by atoms with Crippen molar-refractivity contribution >= 4 is 46.5 Å². The van der Waals surface area contributed by atoms with E-state index in [-0.39, 0.29) is 17.7 Å². The van der Waals surface area contributed by atoms with Crippen molar-refractivity contribution in [1.29, 1.82) is 0 Å². The van der Waals surface area contributed by atoms with Gasteiger partial charge in [-0.25, -0.2) is 10.2 Å². The number of rotatable bonds is 5. The molecule has 2 aromatic heterocycles. The van der Waals surface area contributed by atoms with Crippen LogP contribution in [0.5, 0.6) is 0 Å². The molecule has 0 saturated heterocycles. The van der Waals surface area contributed by atoms with Gasteiger partial charge in [-0.2, -0.15) is 10.1 Å². The summed E-state index contributed by atoms with van der Waals surface area (Å²) >= 11 is 12.3. The molecule has 0 aliphatic carbocycles. The Morgan fingerprint density at radius 3 is 2.35 bits per heavy atom. The average Bonchev–Trinajstić information content (AvgIpc) is 3.09. The van der Waals surface area contributed by atoms with Crippen molar-refractivity contribution < 1.29 is 0 Å². The van der Waals surface area contributed by atoms with Gasteiger partial charge in [-0.1, -0.05) is 59.6 Å². The maximum atomic E-state index is 13.1. The van der Waals surface area contributed by atoms with Crippen LogP contribution in [-0.4, -0.2) is 24.9 Å². The van der Waals surface area contributed by atoms with Crippen LogP contribution in [0.25, 0.3) is 11.2 Å². The fourth-order valence-corrected chi connectivity index (χ4v) is 3.73. The van der Waals surface area contributed by atoms with E-state index in [2.05, 4.69) is 15.5 Å². The second kappa shape index (κ2) is 8.41. The summed E-state index contributed by atoms with van der Waals surface area (Å²) in [5.41, 5.74) is 3.86. The van der Waals surface area contributed by atoms with Crippen LogP contribution in [0, 0.1) is 0 Å². The van der Waals surface area contributed by atoms with Crippen molar-refractivity contribution in [2.45, 2.75) is 6.54 Å². The summed E-state index contributed by atoms with van der Waals surface area (Å²) in [6.45, 7) is 0.166. The van der Waals surface area contributed by atoms with Gasteiger partial charge in [0.1, 0.15) is 0 Å². The molecular weight excluding hydrogens is 439 g/mol. The van der Waals surface area contributed by atoms with Gasteiger partial charge in [0.15, 0.2) is 11.2 Å². The third kappa shape index (κ3) is 3.87. The second-order valence-electron chi connectivity index (χ2n) is 6.89. The van der Waals surface area contributed by atoms with Crippen molar-refractivity contribution in [1.82, 2.24) is 18.7 Å². The molecule has 0 unspecified atom stereocenters. The van der Waals surface area contributed by atoms with Gasteiger partial charge in [0.25, 0.3) is 5.56 Å². The van der Waals surface area contributed by atoms with E-state index in [1.165, 1.54) is 15.3 Å². The van der Waals surface area contributed by atoms with Crippen molar-refractivity contribution in [2.24, 2.45) is 19.2 Å². The van der Waals surface area contributed by atoms with Crippen LogP contribution in [0.4, 0.5) is 5.95 Å². The molecule has 0 radical (unpaired) electrons. The van der Waals surface area contributed by atoms with Gasteiger partial charge >= 0.3 is 5.69 Å². The number of fused-ring (bicyclic) bond motifs is 1. The van der Waals surface area contributed by atoms with Gasteiger partial charge in [0.05, 0.1) is 22.8 Å². The summed E-state index contributed by atoms with van der Waals surface area (Å²) in [7, 11) is 3.25. The Bertz CT molecular complexity index is 1400. The molecule has 0 spiro atoms. The number of imidazole rings is 1. The zero-order valence-electron chi connectivity index (χ0n) is 16.7. The maximum absolute atomic E-state index is 13.1. The number of hydrogen-bond donors (Lipinski definition) is 1. The molecular formula is C21H18Cl2N6O2. The number of aryl methyl sites for hydroxylation is 2. The van der Waals surface area contributed by atoms with Crippen LogP contribution in [0.3, 0.4) is 0 Å². The first-order valence-corrected chi connectivity index (χ1v) is 10.1. The largest absolute Gasteiger partial charge is 0.332 e. The minimum atomic E-state index is -0.447.